The van der Waals surface area contributed by atoms with Gasteiger partial charge in [-0.25, -0.2) is 4.39 Å². The first-order valence-electron chi connectivity index (χ1n) is 10.6. The van der Waals surface area contributed by atoms with E-state index in [0.717, 1.165) is 24.8 Å². The monoisotopic (exact) mass is 430 g/mol. The van der Waals surface area contributed by atoms with Crippen molar-refractivity contribution in [2.45, 2.75) is 38.6 Å². The number of benzene rings is 1. The smallest absolute Gasteiger partial charge is 0.242 e. The molecule has 160 valence electrons. The van der Waals surface area contributed by atoms with Crippen molar-refractivity contribution in [3.05, 3.63) is 52.0 Å². The summed E-state index contributed by atoms with van der Waals surface area (Å²) in [6.45, 7) is 3.46. The highest BCUT2D eigenvalue weighted by atomic mass is 32.1. The van der Waals surface area contributed by atoms with Crippen LogP contribution in [-0.2, 0) is 16.0 Å². The fourth-order valence-electron chi connectivity index (χ4n) is 3.95. The first-order chi connectivity index (χ1) is 14.5. The molecule has 1 aromatic carbocycles. The predicted octanol–water partition coefficient (Wildman–Crippen LogP) is 4.04. The van der Waals surface area contributed by atoms with Crippen LogP contribution in [0.2, 0.25) is 0 Å². The largest absolute Gasteiger partial charge is 0.491 e. The summed E-state index contributed by atoms with van der Waals surface area (Å²) in [7, 11) is 0. The Bertz CT molecular complexity index is 911. The number of halogens is 1. The average molecular weight is 431 g/mol. The van der Waals surface area contributed by atoms with E-state index in [1.807, 2.05) is 23.3 Å². The van der Waals surface area contributed by atoms with Crippen molar-refractivity contribution in [2.24, 2.45) is 5.92 Å². The summed E-state index contributed by atoms with van der Waals surface area (Å²) in [5.74, 6) is 0.596. The molecule has 0 N–H and O–H groups in total. The normalized spacial score (nSPS) is 18.1. The van der Waals surface area contributed by atoms with Gasteiger partial charge in [-0.1, -0.05) is 13.0 Å². The van der Waals surface area contributed by atoms with Gasteiger partial charge in [0.25, 0.3) is 0 Å². The molecule has 0 radical (unpaired) electrons. The van der Waals surface area contributed by atoms with Crippen LogP contribution in [0.1, 0.15) is 42.7 Å². The second kappa shape index (κ2) is 9.16. The fraction of sp³-hybridized carbons (Fsp3) is 0.478. The van der Waals surface area contributed by atoms with E-state index in [-0.39, 0.29) is 36.8 Å². The van der Waals surface area contributed by atoms with Crippen LogP contribution in [0.3, 0.4) is 0 Å². The van der Waals surface area contributed by atoms with Gasteiger partial charge in [-0.2, -0.15) is 0 Å². The van der Waals surface area contributed by atoms with Gasteiger partial charge in [-0.3, -0.25) is 9.59 Å². The second-order valence-corrected chi connectivity index (χ2v) is 8.99. The lowest BCUT2D eigenvalue weighted by Gasteiger charge is -2.37. The molecule has 4 rings (SSSR count). The Morgan fingerprint density at radius 2 is 2.13 bits per heavy atom. The summed E-state index contributed by atoms with van der Waals surface area (Å²) in [5.41, 5.74) is 1.09. The summed E-state index contributed by atoms with van der Waals surface area (Å²) >= 11 is 1.69. The first kappa shape index (κ1) is 20.8. The van der Waals surface area contributed by atoms with Gasteiger partial charge in [0.2, 0.25) is 11.8 Å². The molecule has 2 amide bonds. The number of ether oxygens (including phenoxy) is 1. The molecular weight excluding hydrogens is 403 g/mol. The molecule has 1 saturated carbocycles. The highest BCUT2D eigenvalue weighted by molar-refractivity contribution is 7.10. The molecule has 2 aliphatic rings. The summed E-state index contributed by atoms with van der Waals surface area (Å²) in [5, 5.41) is 2.04. The molecule has 1 aliphatic heterocycles. The zero-order valence-corrected chi connectivity index (χ0v) is 18.0. The van der Waals surface area contributed by atoms with Crippen LogP contribution in [0.5, 0.6) is 5.75 Å². The lowest BCUT2D eigenvalue weighted by molar-refractivity contribution is -0.142. The van der Waals surface area contributed by atoms with Crippen molar-refractivity contribution >= 4 is 23.2 Å². The Balaban J connectivity index is 1.49. The van der Waals surface area contributed by atoms with Crippen LogP contribution in [0.25, 0.3) is 0 Å². The van der Waals surface area contributed by atoms with Crippen LogP contribution >= 0.6 is 11.3 Å². The van der Waals surface area contributed by atoms with E-state index in [4.69, 9.17) is 4.74 Å². The van der Waals surface area contributed by atoms with Gasteiger partial charge in [0, 0.05) is 30.5 Å². The third-order valence-corrected chi connectivity index (χ3v) is 6.77. The number of carbonyl (C=O) groups is 2. The molecule has 7 heteroatoms. The summed E-state index contributed by atoms with van der Waals surface area (Å²) < 4.78 is 19.4. The third kappa shape index (κ3) is 4.83. The molecule has 0 bridgehead atoms. The third-order valence-electron chi connectivity index (χ3n) is 5.78. The zero-order chi connectivity index (χ0) is 21.1. The minimum absolute atomic E-state index is 0.0241. The maximum absolute atomic E-state index is 13.5. The molecule has 0 saturated heterocycles. The maximum atomic E-state index is 13.5. The van der Waals surface area contributed by atoms with E-state index in [1.165, 1.54) is 17.0 Å². The van der Waals surface area contributed by atoms with Gasteiger partial charge >= 0.3 is 0 Å². The van der Waals surface area contributed by atoms with E-state index < -0.39 is 0 Å². The number of hydrogen-bond donors (Lipinski definition) is 0. The molecule has 1 fully saturated rings. The maximum Gasteiger partial charge on any atom is 0.242 e. The van der Waals surface area contributed by atoms with E-state index in [2.05, 4.69) is 0 Å². The fourth-order valence-corrected chi connectivity index (χ4v) is 4.88. The summed E-state index contributed by atoms with van der Waals surface area (Å²) in [4.78, 5) is 30.4. The van der Waals surface area contributed by atoms with Crippen LogP contribution in [0.4, 0.5) is 4.39 Å². The Labute approximate surface area is 180 Å². The van der Waals surface area contributed by atoms with E-state index in [9.17, 15) is 14.0 Å². The van der Waals surface area contributed by atoms with Crippen molar-refractivity contribution in [3.63, 3.8) is 0 Å². The Kier molecular flexibility index (Phi) is 6.37. The van der Waals surface area contributed by atoms with Gasteiger partial charge in [0.05, 0.1) is 12.6 Å². The van der Waals surface area contributed by atoms with Crippen molar-refractivity contribution < 1.29 is 18.7 Å². The number of fused-ring (bicyclic) bond motifs is 1. The van der Waals surface area contributed by atoms with Crippen molar-refractivity contribution in [1.82, 2.24) is 9.80 Å². The lowest BCUT2D eigenvalue weighted by Crippen LogP contribution is -2.48. The Morgan fingerprint density at radius 1 is 1.30 bits per heavy atom. The first-order valence-corrected chi connectivity index (χ1v) is 11.4. The summed E-state index contributed by atoms with van der Waals surface area (Å²) in [6.07, 6.45) is 3.47. The topological polar surface area (TPSA) is 49.9 Å². The SMILES string of the molecule is CCC(=O)N(CC(=O)N1CCc2sccc2C1COc1cccc(F)c1)CC1CC1. The molecule has 0 spiro atoms. The molecule has 5 nitrogen and oxygen atoms in total. The lowest BCUT2D eigenvalue weighted by atomic mass is 10.0. The minimum atomic E-state index is -0.353. The van der Waals surface area contributed by atoms with Gasteiger partial charge in [0.1, 0.15) is 18.2 Å². The second-order valence-electron chi connectivity index (χ2n) is 7.99. The quantitative estimate of drug-likeness (QED) is 0.635. The summed E-state index contributed by atoms with van der Waals surface area (Å²) in [6, 6.07) is 7.84. The van der Waals surface area contributed by atoms with Crippen LogP contribution < -0.4 is 4.74 Å². The molecule has 1 aliphatic carbocycles. The van der Waals surface area contributed by atoms with Crippen molar-refractivity contribution in [3.8, 4) is 5.75 Å². The van der Waals surface area contributed by atoms with Crippen LogP contribution in [-0.4, -0.2) is 47.9 Å². The number of amides is 2. The number of carbonyl (C=O) groups excluding carboxylic acids is 2. The molecule has 1 aromatic heterocycles. The van der Waals surface area contributed by atoms with Crippen molar-refractivity contribution in [2.75, 3.05) is 26.2 Å². The molecular formula is C23H27FN2O3S. The number of nitrogens with zero attached hydrogens (tertiary/aromatic N) is 2. The van der Waals surface area contributed by atoms with E-state index >= 15 is 0 Å². The highest BCUT2D eigenvalue weighted by Crippen LogP contribution is 2.34. The molecule has 1 unspecified atom stereocenters. The highest BCUT2D eigenvalue weighted by Gasteiger charge is 2.34. The number of hydrogen-bond acceptors (Lipinski definition) is 4. The Hall–Kier alpha value is -2.41. The number of thiophene rings is 1. The predicted molar refractivity (Wildman–Crippen MR) is 114 cm³/mol. The minimum Gasteiger partial charge on any atom is -0.491 e. The van der Waals surface area contributed by atoms with Gasteiger partial charge < -0.3 is 14.5 Å². The van der Waals surface area contributed by atoms with Gasteiger partial charge in [-0.15, -0.1) is 11.3 Å². The molecule has 1 atom stereocenters. The zero-order valence-electron chi connectivity index (χ0n) is 17.2. The van der Waals surface area contributed by atoms with E-state index in [1.54, 1.807) is 28.4 Å². The molecule has 30 heavy (non-hydrogen) atoms. The average Bonchev–Trinajstić information content (AvgIpc) is 3.43. The molecule has 2 aromatic rings. The van der Waals surface area contributed by atoms with Gasteiger partial charge in [0.15, 0.2) is 0 Å². The number of rotatable bonds is 8. The standard InChI is InChI=1S/C23H27FN2O3S/c1-2-22(27)25(13-16-6-7-16)14-23(28)26-10-8-21-19(9-11-30-21)20(26)15-29-18-5-3-4-17(24)12-18/h3-5,9,11-12,16,20H,2,6-8,10,13-15H2,1H3. The van der Waals surface area contributed by atoms with Crippen LogP contribution in [0.15, 0.2) is 35.7 Å². The molecule has 2 heterocycles. The van der Waals surface area contributed by atoms with E-state index in [0.29, 0.717) is 31.2 Å². The van der Waals surface area contributed by atoms with Crippen LogP contribution in [0, 0.1) is 11.7 Å². The van der Waals surface area contributed by atoms with Crippen molar-refractivity contribution in [1.29, 1.82) is 0 Å². The van der Waals surface area contributed by atoms with Gasteiger partial charge in [-0.05, 0) is 54.3 Å². The Morgan fingerprint density at radius 3 is 2.87 bits per heavy atom.